The fourth-order valence-electron chi connectivity index (χ4n) is 2.17. The van der Waals surface area contributed by atoms with Gasteiger partial charge in [-0.3, -0.25) is 9.59 Å². The summed E-state index contributed by atoms with van der Waals surface area (Å²) < 4.78 is 0. The Labute approximate surface area is 127 Å². The monoisotopic (exact) mass is 290 g/mol. The molecule has 0 aliphatic heterocycles. The van der Waals surface area contributed by atoms with E-state index in [4.69, 9.17) is 0 Å². The van der Waals surface area contributed by atoms with Crippen LogP contribution in [0.25, 0.3) is 0 Å². The quantitative estimate of drug-likeness (QED) is 0.829. The van der Waals surface area contributed by atoms with Gasteiger partial charge in [0.25, 0.3) is 0 Å². The molecule has 0 saturated heterocycles. The molecule has 4 nitrogen and oxygen atoms in total. The van der Waals surface area contributed by atoms with Crippen LogP contribution in [0.1, 0.15) is 46.5 Å². The van der Waals surface area contributed by atoms with E-state index in [2.05, 4.69) is 12.2 Å². The predicted octanol–water partition coefficient (Wildman–Crippen LogP) is 3.82. The van der Waals surface area contributed by atoms with Gasteiger partial charge in [-0.05, 0) is 37.1 Å². The number of carbonyl (C=O) groups excluding carboxylic acids is 2. The summed E-state index contributed by atoms with van der Waals surface area (Å²) >= 11 is 0. The standard InChI is InChI=1S/C17H26N2O2/c1-5-7-8-14(6-2)17(21)18-15-9-11-16(12-10-15)19(4)13(3)20/h9-12,14H,5-8H2,1-4H3,(H,18,21)/t14-/m0/s1. The smallest absolute Gasteiger partial charge is 0.227 e. The number of carbonyl (C=O) groups is 2. The van der Waals surface area contributed by atoms with Crippen LogP contribution >= 0.6 is 0 Å². The molecule has 0 aliphatic carbocycles. The van der Waals surface area contributed by atoms with Gasteiger partial charge >= 0.3 is 0 Å². The minimum atomic E-state index is -0.0163. The lowest BCUT2D eigenvalue weighted by Crippen LogP contribution is -2.23. The predicted molar refractivity (Wildman–Crippen MR) is 87.5 cm³/mol. The molecule has 4 heteroatoms. The van der Waals surface area contributed by atoms with Crippen molar-refractivity contribution in [3.05, 3.63) is 24.3 Å². The van der Waals surface area contributed by atoms with Crippen LogP contribution in [0.4, 0.5) is 11.4 Å². The Morgan fingerprint density at radius 1 is 1.19 bits per heavy atom. The number of benzene rings is 1. The molecule has 0 aromatic heterocycles. The fourth-order valence-corrected chi connectivity index (χ4v) is 2.17. The maximum Gasteiger partial charge on any atom is 0.227 e. The second-order valence-corrected chi connectivity index (χ2v) is 5.36. The van der Waals surface area contributed by atoms with Crippen LogP contribution in [0, 0.1) is 5.92 Å². The molecule has 1 N–H and O–H groups in total. The Morgan fingerprint density at radius 3 is 2.29 bits per heavy atom. The molecule has 0 heterocycles. The van der Waals surface area contributed by atoms with E-state index in [0.717, 1.165) is 37.1 Å². The van der Waals surface area contributed by atoms with Crippen molar-refractivity contribution in [2.75, 3.05) is 17.3 Å². The van der Waals surface area contributed by atoms with Crippen molar-refractivity contribution in [3.8, 4) is 0 Å². The Hall–Kier alpha value is -1.84. The first-order valence-corrected chi connectivity index (χ1v) is 7.64. The summed E-state index contributed by atoms with van der Waals surface area (Å²) in [6.45, 7) is 5.70. The van der Waals surface area contributed by atoms with Gasteiger partial charge in [-0.2, -0.15) is 0 Å². The molecular weight excluding hydrogens is 264 g/mol. The number of amides is 2. The minimum Gasteiger partial charge on any atom is -0.326 e. The maximum atomic E-state index is 12.2. The van der Waals surface area contributed by atoms with Crippen molar-refractivity contribution in [1.29, 1.82) is 0 Å². The van der Waals surface area contributed by atoms with Crippen LogP contribution < -0.4 is 10.2 Å². The van der Waals surface area contributed by atoms with Crippen molar-refractivity contribution >= 4 is 23.2 Å². The molecule has 1 rings (SSSR count). The first-order chi connectivity index (χ1) is 9.99. The summed E-state index contributed by atoms with van der Waals surface area (Å²) in [7, 11) is 1.73. The van der Waals surface area contributed by atoms with Gasteiger partial charge < -0.3 is 10.2 Å². The topological polar surface area (TPSA) is 49.4 Å². The highest BCUT2D eigenvalue weighted by molar-refractivity contribution is 5.94. The van der Waals surface area contributed by atoms with Gasteiger partial charge in [-0.25, -0.2) is 0 Å². The van der Waals surface area contributed by atoms with Gasteiger partial charge in [-0.15, -0.1) is 0 Å². The number of nitrogens with one attached hydrogen (secondary N) is 1. The van der Waals surface area contributed by atoms with Crippen LogP contribution in [0.3, 0.4) is 0 Å². The highest BCUT2D eigenvalue weighted by Crippen LogP contribution is 2.19. The Bertz CT molecular complexity index is 468. The van der Waals surface area contributed by atoms with E-state index in [9.17, 15) is 9.59 Å². The molecule has 0 radical (unpaired) electrons. The third kappa shape index (κ3) is 5.21. The first kappa shape index (κ1) is 17.2. The zero-order valence-electron chi connectivity index (χ0n) is 13.5. The SMILES string of the molecule is CCCC[C@H](CC)C(=O)Nc1ccc(N(C)C(C)=O)cc1. The summed E-state index contributed by atoms with van der Waals surface area (Å²) in [5, 5.41) is 2.95. The van der Waals surface area contributed by atoms with Gasteiger partial charge in [0.1, 0.15) is 0 Å². The van der Waals surface area contributed by atoms with Crippen molar-refractivity contribution in [1.82, 2.24) is 0 Å². The number of hydrogen-bond donors (Lipinski definition) is 1. The Kier molecular flexibility index (Phi) is 6.92. The van der Waals surface area contributed by atoms with Crippen molar-refractivity contribution in [2.45, 2.75) is 46.5 Å². The van der Waals surface area contributed by atoms with E-state index >= 15 is 0 Å². The third-order valence-corrected chi connectivity index (χ3v) is 3.76. The minimum absolute atomic E-state index is 0.0163. The first-order valence-electron chi connectivity index (χ1n) is 7.64. The molecule has 1 aromatic carbocycles. The number of hydrogen-bond acceptors (Lipinski definition) is 2. The van der Waals surface area contributed by atoms with E-state index in [0.29, 0.717) is 0 Å². The highest BCUT2D eigenvalue weighted by atomic mass is 16.2. The largest absolute Gasteiger partial charge is 0.326 e. The summed E-state index contributed by atoms with van der Waals surface area (Å²) in [4.78, 5) is 25.1. The van der Waals surface area contributed by atoms with Gasteiger partial charge in [0, 0.05) is 31.3 Å². The summed E-state index contributed by atoms with van der Waals surface area (Å²) in [5.74, 6) is 0.139. The Balaban J connectivity index is 2.66. The van der Waals surface area contributed by atoms with E-state index in [1.807, 2.05) is 31.2 Å². The summed E-state index contributed by atoms with van der Waals surface area (Å²) in [5.41, 5.74) is 1.59. The van der Waals surface area contributed by atoms with Gasteiger partial charge in [0.15, 0.2) is 0 Å². The zero-order valence-corrected chi connectivity index (χ0v) is 13.5. The normalized spacial score (nSPS) is 11.8. The second kappa shape index (κ2) is 8.45. The van der Waals surface area contributed by atoms with Crippen LogP contribution in [0.2, 0.25) is 0 Å². The van der Waals surface area contributed by atoms with Crippen molar-refractivity contribution < 1.29 is 9.59 Å². The van der Waals surface area contributed by atoms with E-state index in [-0.39, 0.29) is 17.7 Å². The average Bonchev–Trinajstić information content (AvgIpc) is 2.48. The second-order valence-electron chi connectivity index (χ2n) is 5.36. The zero-order chi connectivity index (χ0) is 15.8. The summed E-state index contributed by atoms with van der Waals surface area (Å²) in [6, 6.07) is 7.34. The molecule has 0 fully saturated rings. The molecule has 21 heavy (non-hydrogen) atoms. The molecule has 0 aliphatic rings. The molecule has 0 unspecified atom stereocenters. The summed E-state index contributed by atoms with van der Waals surface area (Å²) in [6.07, 6.45) is 3.98. The number of unbranched alkanes of at least 4 members (excludes halogenated alkanes) is 1. The van der Waals surface area contributed by atoms with Gasteiger partial charge in [-0.1, -0.05) is 26.7 Å². The number of rotatable bonds is 7. The molecule has 0 saturated carbocycles. The van der Waals surface area contributed by atoms with Crippen LogP contribution in [-0.2, 0) is 9.59 Å². The number of anilines is 2. The lowest BCUT2D eigenvalue weighted by Gasteiger charge is -2.17. The third-order valence-electron chi connectivity index (χ3n) is 3.76. The van der Waals surface area contributed by atoms with Crippen molar-refractivity contribution in [2.24, 2.45) is 5.92 Å². The molecule has 0 spiro atoms. The van der Waals surface area contributed by atoms with Crippen molar-refractivity contribution in [3.63, 3.8) is 0 Å². The number of nitrogens with zero attached hydrogens (tertiary/aromatic N) is 1. The average molecular weight is 290 g/mol. The van der Waals surface area contributed by atoms with Gasteiger partial charge in [0.05, 0.1) is 0 Å². The molecule has 2 amide bonds. The highest BCUT2D eigenvalue weighted by Gasteiger charge is 2.16. The van der Waals surface area contributed by atoms with E-state index in [1.54, 1.807) is 11.9 Å². The fraction of sp³-hybridized carbons (Fsp3) is 0.529. The molecule has 0 bridgehead atoms. The Morgan fingerprint density at radius 2 is 1.81 bits per heavy atom. The molecule has 1 atom stereocenters. The lowest BCUT2D eigenvalue weighted by atomic mass is 9.98. The maximum absolute atomic E-state index is 12.2. The lowest BCUT2D eigenvalue weighted by molar-refractivity contribution is -0.120. The van der Waals surface area contributed by atoms with Gasteiger partial charge in [0.2, 0.25) is 11.8 Å². The van der Waals surface area contributed by atoms with Crippen LogP contribution in [0.15, 0.2) is 24.3 Å². The molecular formula is C17H26N2O2. The molecule has 1 aromatic rings. The van der Waals surface area contributed by atoms with Crippen LogP contribution in [-0.4, -0.2) is 18.9 Å². The van der Waals surface area contributed by atoms with E-state index in [1.165, 1.54) is 6.92 Å². The van der Waals surface area contributed by atoms with E-state index < -0.39 is 0 Å². The van der Waals surface area contributed by atoms with Crippen LogP contribution in [0.5, 0.6) is 0 Å². The molecule has 116 valence electrons.